The molecule has 138 valence electrons. The molecule has 2 aromatic heterocycles. The van der Waals surface area contributed by atoms with Gasteiger partial charge in [-0.25, -0.2) is 4.98 Å². The largest absolute Gasteiger partial charge is 0.298 e. The number of benzene rings is 1. The molecular formula is C16H14N6O3S2. The van der Waals surface area contributed by atoms with Crippen LogP contribution in [0.5, 0.6) is 0 Å². The number of nitrogens with one attached hydrogen (secondary N) is 2. The SMILES string of the molecule is C=CCn1c(-c2sc(NC(=O)c3ccccc3[N+](=O)[O-])nc2C)n[nH]c1=S. The number of carbonyl (C=O) groups excluding carboxylic acids is 1. The second-order valence-electron chi connectivity index (χ2n) is 5.41. The second-order valence-corrected chi connectivity index (χ2v) is 6.80. The number of carbonyl (C=O) groups is 1. The first-order chi connectivity index (χ1) is 12.9. The zero-order chi connectivity index (χ0) is 19.6. The molecule has 0 unspecified atom stereocenters. The van der Waals surface area contributed by atoms with E-state index in [1.807, 2.05) is 0 Å². The van der Waals surface area contributed by atoms with E-state index in [4.69, 9.17) is 12.2 Å². The number of anilines is 1. The summed E-state index contributed by atoms with van der Waals surface area (Å²) in [5.74, 6) is -0.0198. The summed E-state index contributed by atoms with van der Waals surface area (Å²) in [7, 11) is 0. The van der Waals surface area contributed by atoms with Gasteiger partial charge in [-0.15, -0.1) is 6.58 Å². The van der Waals surface area contributed by atoms with Crippen LogP contribution in [0.4, 0.5) is 10.8 Å². The Bertz CT molecular complexity index is 1100. The molecule has 0 aliphatic heterocycles. The van der Waals surface area contributed by atoms with Crippen LogP contribution in [0.2, 0.25) is 0 Å². The first-order valence-corrected chi connectivity index (χ1v) is 8.93. The second kappa shape index (κ2) is 7.60. The van der Waals surface area contributed by atoms with Crippen LogP contribution < -0.4 is 5.32 Å². The number of hydrogen-bond acceptors (Lipinski definition) is 7. The lowest BCUT2D eigenvalue weighted by Crippen LogP contribution is -2.13. The monoisotopic (exact) mass is 402 g/mol. The number of rotatable bonds is 6. The zero-order valence-corrected chi connectivity index (χ0v) is 15.8. The number of aromatic amines is 1. The number of hydrogen-bond donors (Lipinski definition) is 2. The summed E-state index contributed by atoms with van der Waals surface area (Å²) >= 11 is 6.42. The van der Waals surface area contributed by atoms with E-state index in [1.165, 1.54) is 29.5 Å². The van der Waals surface area contributed by atoms with E-state index in [-0.39, 0.29) is 11.3 Å². The summed E-state index contributed by atoms with van der Waals surface area (Å²) in [6.07, 6.45) is 1.70. The lowest BCUT2D eigenvalue weighted by atomic mass is 10.1. The minimum absolute atomic E-state index is 0.0359. The predicted octanol–water partition coefficient (Wildman–Crippen LogP) is 3.72. The molecule has 0 aliphatic rings. The first-order valence-electron chi connectivity index (χ1n) is 7.71. The molecule has 0 bridgehead atoms. The van der Waals surface area contributed by atoms with Gasteiger partial charge in [-0.05, 0) is 25.2 Å². The molecule has 1 aromatic carbocycles. The first kappa shape index (κ1) is 18.6. The molecule has 0 saturated heterocycles. The van der Waals surface area contributed by atoms with Gasteiger partial charge in [-0.3, -0.25) is 29.9 Å². The molecule has 9 nitrogen and oxygen atoms in total. The van der Waals surface area contributed by atoms with Gasteiger partial charge in [0.15, 0.2) is 15.7 Å². The summed E-state index contributed by atoms with van der Waals surface area (Å²) in [5, 5.41) is 21.0. The highest BCUT2D eigenvalue weighted by molar-refractivity contribution is 7.71. The summed E-state index contributed by atoms with van der Waals surface area (Å²) in [6, 6.07) is 5.74. The summed E-state index contributed by atoms with van der Waals surface area (Å²) in [4.78, 5) is 28.0. The highest BCUT2D eigenvalue weighted by Gasteiger charge is 2.22. The maximum absolute atomic E-state index is 12.5. The van der Waals surface area contributed by atoms with Crippen LogP contribution in [-0.4, -0.2) is 30.6 Å². The van der Waals surface area contributed by atoms with E-state index in [0.29, 0.717) is 28.0 Å². The maximum atomic E-state index is 12.5. The van der Waals surface area contributed by atoms with Crippen molar-refractivity contribution in [2.45, 2.75) is 13.5 Å². The molecule has 3 rings (SSSR count). The molecule has 0 atom stereocenters. The van der Waals surface area contributed by atoms with Crippen molar-refractivity contribution in [1.82, 2.24) is 19.7 Å². The van der Waals surface area contributed by atoms with E-state index in [9.17, 15) is 14.9 Å². The number of aromatic nitrogens is 4. The van der Waals surface area contributed by atoms with E-state index < -0.39 is 10.8 Å². The molecular weight excluding hydrogens is 388 g/mol. The number of para-hydroxylation sites is 1. The van der Waals surface area contributed by atoms with Gasteiger partial charge >= 0.3 is 0 Å². The zero-order valence-electron chi connectivity index (χ0n) is 14.1. The van der Waals surface area contributed by atoms with E-state index in [0.717, 1.165) is 4.88 Å². The quantitative estimate of drug-likeness (QED) is 0.281. The van der Waals surface area contributed by atoms with E-state index >= 15 is 0 Å². The molecule has 0 fully saturated rings. The van der Waals surface area contributed by atoms with Gasteiger partial charge in [0.05, 0.1) is 15.5 Å². The van der Waals surface area contributed by atoms with E-state index in [1.54, 1.807) is 23.6 Å². The minimum Gasteiger partial charge on any atom is -0.298 e. The molecule has 0 spiro atoms. The third kappa shape index (κ3) is 3.68. The van der Waals surface area contributed by atoms with Crippen molar-refractivity contribution in [2.75, 3.05) is 5.32 Å². The smallest absolute Gasteiger partial charge is 0.282 e. The Hall–Kier alpha value is -3.18. The topological polar surface area (TPSA) is 119 Å². The minimum atomic E-state index is -0.604. The number of nitrogens with zero attached hydrogens (tertiary/aromatic N) is 4. The number of amides is 1. The number of nitro groups is 1. The lowest BCUT2D eigenvalue weighted by molar-refractivity contribution is -0.385. The van der Waals surface area contributed by atoms with Crippen molar-refractivity contribution in [3.63, 3.8) is 0 Å². The third-order valence-electron chi connectivity index (χ3n) is 3.64. The van der Waals surface area contributed by atoms with Crippen molar-refractivity contribution in [2.24, 2.45) is 0 Å². The Morgan fingerprint density at radius 2 is 2.26 bits per heavy atom. The average molecular weight is 402 g/mol. The van der Waals surface area contributed by atoms with E-state index in [2.05, 4.69) is 27.1 Å². The Labute approximate surface area is 162 Å². The fourth-order valence-electron chi connectivity index (χ4n) is 2.44. The molecule has 2 heterocycles. The lowest BCUT2D eigenvalue weighted by Gasteiger charge is -2.02. The van der Waals surface area contributed by atoms with Crippen molar-refractivity contribution < 1.29 is 9.72 Å². The van der Waals surface area contributed by atoms with Gasteiger partial charge in [-0.2, -0.15) is 5.10 Å². The Balaban J connectivity index is 1.92. The number of aryl methyl sites for hydroxylation is 1. The van der Waals surface area contributed by atoms with Gasteiger partial charge < -0.3 is 0 Å². The highest BCUT2D eigenvalue weighted by Crippen LogP contribution is 2.32. The third-order valence-corrected chi connectivity index (χ3v) is 5.02. The molecule has 1 amide bonds. The number of thiazole rings is 1. The van der Waals surface area contributed by atoms with Crippen LogP contribution >= 0.6 is 23.6 Å². The van der Waals surface area contributed by atoms with Crippen molar-refractivity contribution in [1.29, 1.82) is 0 Å². The van der Waals surface area contributed by atoms with Crippen LogP contribution in [0.1, 0.15) is 16.1 Å². The fraction of sp³-hybridized carbons (Fsp3) is 0.125. The highest BCUT2D eigenvalue weighted by atomic mass is 32.1. The Morgan fingerprint density at radius 3 is 2.96 bits per heavy atom. The van der Waals surface area contributed by atoms with Crippen molar-refractivity contribution in [3.8, 4) is 10.7 Å². The molecule has 0 radical (unpaired) electrons. The van der Waals surface area contributed by atoms with Crippen LogP contribution in [0.3, 0.4) is 0 Å². The molecule has 2 N–H and O–H groups in total. The molecule has 0 aliphatic carbocycles. The average Bonchev–Trinajstić information content (AvgIpc) is 3.18. The molecule has 3 aromatic rings. The van der Waals surface area contributed by atoms with Gasteiger partial charge in [0, 0.05) is 12.6 Å². The number of allylic oxidation sites excluding steroid dienone is 1. The Kier molecular flexibility index (Phi) is 5.23. The molecule has 27 heavy (non-hydrogen) atoms. The van der Waals surface area contributed by atoms with Crippen LogP contribution in [-0.2, 0) is 6.54 Å². The normalized spacial score (nSPS) is 10.6. The number of nitro benzene ring substituents is 1. The molecule has 11 heteroatoms. The van der Waals surface area contributed by atoms with Gasteiger partial charge in [0.25, 0.3) is 11.6 Å². The van der Waals surface area contributed by atoms with Crippen LogP contribution in [0.25, 0.3) is 10.7 Å². The molecule has 0 saturated carbocycles. The van der Waals surface area contributed by atoms with Crippen LogP contribution in [0.15, 0.2) is 36.9 Å². The van der Waals surface area contributed by atoms with Gasteiger partial charge in [0.2, 0.25) is 0 Å². The summed E-state index contributed by atoms with van der Waals surface area (Å²) in [6.45, 7) is 5.95. The maximum Gasteiger partial charge on any atom is 0.282 e. The van der Waals surface area contributed by atoms with Gasteiger partial charge in [-0.1, -0.05) is 29.5 Å². The predicted molar refractivity (Wildman–Crippen MR) is 105 cm³/mol. The van der Waals surface area contributed by atoms with Crippen molar-refractivity contribution >= 4 is 40.3 Å². The van der Waals surface area contributed by atoms with Gasteiger partial charge in [0.1, 0.15) is 5.56 Å². The summed E-state index contributed by atoms with van der Waals surface area (Å²) in [5.41, 5.74) is 0.346. The standard InChI is InChI=1S/C16H14N6O3S2/c1-3-8-21-13(19-20-16(21)26)12-9(2)17-15(27-12)18-14(23)10-6-4-5-7-11(10)22(24)25/h3-7H,1,8H2,2H3,(H,20,26)(H,17,18,23). The fourth-order valence-corrected chi connectivity index (χ4v) is 3.60. The Morgan fingerprint density at radius 1 is 1.52 bits per heavy atom. The summed E-state index contributed by atoms with van der Waals surface area (Å²) < 4.78 is 2.21. The number of H-pyrrole nitrogens is 1. The van der Waals surface area contributed by atoms with Crippen LogP contribution in [0, 0.1) is 21.8 Å². The van der Waals surface area contributed by atoms with Crippen molar-refractivity contribution in [3.05, 3.63) is 63.1 Å².